The van der Waals surface area contributed by atoms with Gasteiger partial charge >= 0.3 is 0 Å². The lowest BCUT2D eigenvalue weighted by atomic mass is 10.2. The van der Waals surface area contributed by atoms with E-state index in [9.17, 15) is 0 Å². The molecule has 0 aromatic heterocycles. The molecule has 64 valence electrons. The Labute approximate surface area is 79.2 Å². The number of terminal acetylenes is 1. The topological polar surface area (TPSA) is 12.0 Å². The van der Waals surface area contributed by atoms with Crippen LogP contribution in [-0.4, -0.2) is 13.1 Å². The van der Waals surface area contributed by atoms with Gasteiger partial charge in [0.05, 0.1) is 13.1 Å². The Hall–Kier alpha value is -1.70. The highest BCUT2D eigenvalue weighted by molar-refractivity contribution is 5.33. The third kappa shape index (κ3) is 4.01. The lowest BCUT2D eigenvalue weighted by Crippen LogP contribution is -2.13. The molecule has 0 atom stereocenters. The summed E-state index contributed by atoms with van der Waals surface area (Å²) < 4.78 is 0. The normalized spacial score (nSPS) is 8.23. The molecule has 0 amide bonds. The van der Waals surface area contributed by atoms with Crippen LogP contribution in [0.15, 0.2) is 30.3 Å². The fourth-order valence-electron chi connectivity index (χ4n) is 0.865. The second-order valence-corrected chi connectivity index (χ2v) is 2.48. The van der Waals surface area contributed by atoms with Crippen molar-refractivity contribution in [2.24, 2.45) is 0 Å². The van der Waals surface area contributed by atoms with Gasteiger partial charge in [0.25, 0.3) is 0 Å². The molecule has 0 aliphatic rings. The van der Waals surface area contributed by atoms with Gasteiger partial charge in [-0.05, 0) is 12.1 Å². The largest absolute Gasteiger partial charge is 0.295 e. The van der Waals surface area contributed by atoms with Crippen LogP contribution in [0.2, 0.25) is 0 Å². The Balaban J connectivity index is 2.37. The summed E-state index contributed by atoms with van der Waals surface area (Å²) in [5, 5.41) is 3.00. The predicted molar refractivity (Wildman–Crippen MR) is 55.0 cm³/mol. The summed E-state index contributed by atoms with van der Waals surface area (Å²) >= 11 is 0. The minimum absolute atomic E-state index is 0.573. The highest BCUT2D eigenvalue weighted by Crippen LogP contribution is 1.93. The highest BCUT2D eigenvalue weighted by Gasteiger charge is 1.80. The molecule has 1 N–H and O–H groups in total. The van der Waals surface area contributed by atoms with Crippen molar-refractivity contribution in [1.82, 2.24) is 5.32 Å². The van der Waals surface area contributed by atoms with Gasteiger partial charge in [0.15, 0.2) is 0 Å². The Kier molecular flexibility index (Phi) is 4.25. The predicted octanol–water partition coefficient (Wildman–Crippen LogP) is 1.26. The van der Waals surface area contributed by atoms with Crippen molar-refractivity contribution >= 4 is 0 Å². The van der Waals surface area contributed by atoms with Crippen LogP contribution in [-0.2, 0) is 0 Å². The first-order valence-corrected chi connectivity index (χ1v) is 4.11. The highest BCUT2D eigenvalue weighted by atomic mass is 14.8. The molecule has 0 bridgehead atoms. The van der Waals surface area contributed by atoms with Gasteiger partial charge in [-0.25, -0.2) is 0 Å². The maximum Gasteiger partial charge on any atom is 0.0587 e. The molecule has 0 saturated heterocycles. The molecular formula is C12H11N. The maximum atomic E-state index is 5.06. The Bertz CT molecular complexity index is 335. The van der Waals surface area contributed by atoms with Crippen LogP contribution in [0, 0.1) is 24.2 Å². The van der Waals surface area contributed by atoms with Crippen LogP contribution in [0.5, 0.6) is 0 Å². The van der Waals surface area contributed by atoms with E-state index >= 15 is 0 Å². The van der Waals surface area contributed by atoms with Gasteiger partial charge in [0, 0.05) is 5.56 Å². The van der Waals surface area contributed by atoms with Gasteiger partial charge in [-0.15, -0.1) is 6.42 Å². The molecule has 0 spiro atoms. The SMILES string of the molecule is C#CCNCC#Cc1ccccc1. The van der Waals surface area contributed by atoms with E-state index in [1.54, 1.807) is 0 Å². The van der Waals surface area contributed by atoms with Crippen LogP contribution >= 0.6 is 0 Å². The lowest BCUT2D eigenvalue weighted by molar-refractivity contribution is 0.872. The van der Waals surface area contributed by atoms with E-state index in [-0.39, 0.29) is 0 Å². The zero-order valence-electron chi connectivity index (χ0n) is 7.38. The number of nitrogens with one attached hydrogen (secondary N) is 1. The van der Waals surface area contributed by atoms with E-state index in [1.165, 1.54) is 0 Å². The van der Waals surface area contributed by atoms with Crippen LogP contribution < -0.4 is 5.32 Å². The average molecular weight is 169 g/mol. The minimum Gasteiger partial charge on any atom is -0.295 e. The molecular weight excluding hydrogens is 158 g/mol. The molecule has 0 unspecified atom stereocenters. The van der Waals surface area contributed by atoms with Crippen molar-refractivity contribution in [3.8, 4) is 24.2 Å². The van der Waals surface area contributed by atoms with Gasteiger partial charge < -0.3 is 0 Å². The molecule has 0 saturated carbocycles. The molecule has 0 fully saturated rings. The summed E-state index contributed by atoms with van der Waals surface area (Å²) in [6.07, 6.45) is 5.06. The summed E-state index contributed by atoms with van der Waals surface area (Å²) in [6, 6.07) is 9.88. The van der Waals surface area contributed by atoms with Crippen molar-refractivity contribution in [2.75, 3.05) is 13.1 Å². The summed E-state index contributed by atoms with van der Waals surface area (Å²) in [5.41, 5.74) is 1.03. The third-order valence-corrected chi connectivity index (χ3v) is 1.45. The Morgan fingerprint density at radius 1 is 1.15 bits per heavy atom. The van der Waals surface area contributed by atoms with E-state index in [1.807, 2.05) is 30.3 Å². The molecule has 1 aromatic carbocycles. The Morgan fingerprint density at radius 2 is 1.92 bits per heavy atom. The number of rotatable bonds is 2. The van der Waals surface area contributed by atoms with Crippen molar-refractivity contribution in [2.45, 2.75) is 0 Å². The quantitative estimate of drug-likeness (QED) is 0.519. The molecule has 1 aromatic rings. The molecule has 0 aliphatic heterocycles. The average Bonchev–Trinajstić information content (AvgIpc) is 2.19. The number of benzene rings is 1. The van der Waals surface area contributed by atoms with Crippen molar-refractivity contribution in [3.63, 3.8) is 0 Å². The van der Waals surface area contributed by atoms with Gasteiger partial charge in [0.1, 0.15) is 0 Å². The third-order valence-electron chi connectivity index (χ3n) is 1.45. The standard InChI is InChI=1S/C12H11N/c1-2-10-13-11-6-9-12-7-4-3-5-8-12/h1,3-5,7-8,13H,10-11H2. The van der Waals surface area contributed by atoms with E-state index in [4.69, 9.17) is 6.42 Å². The summed E-state index contributed by atoms with van der Waals surface area (Å²) in [4.78, 5) is 0. The molecule has 0 aliphatic carbocycles. The second kappa shape index (κ2) is 5.89. The molecule has 1 rings (SSSR count). The van der Waals surface area contributed by atoms with Gasteiger partial charge in [0.2, 0.25) is 0 Å². The van der Waals surface area contributed by atoms with Crippen LogP contribution in [0.1, 0.15) is 5.56 Å². The fraction of sp³-hybridized carbons (Fsp3) is 0.167. The zero-order chi connectivity index (χ0) is 9.36. The second-order valence-electron chi connectivity index (χ2n) is 2.48. The molecule has 0 heterocycles. The lowest BCUT2D eigenvalue weighted by Gasteiger charge is -1.89. The summed E-state index contributed by atoms with van der Waals surface area (Å²) in [6.45, 7) is 1.21. The first-order valence-electron chi connectivity index (χ1n) is 4.11. The molecule has 0 radical (unpaired) electrons. The molecule has 13 heavy (non-hydrogen) atoms. The van der Waals surface area contributed by atoms with E-state index in [0.29, 0.717) is 13.1 Å². The van der Waals surface area contributed by atoms with Gasteiger partial charge in [-0.3, -0.25) is 5.32 Å². The number of hydrogen-bond acceptors (Lipinski definition) is 1. The maximum absolute atomic E-state index is 5.06. The first-order chi connectivity index (χ1) is 6.43. The summed E-state index contributed by atoms with van der Waals surface area (Å²) in [7, 11) is 0. The number of hydrogen-bond donors (Lipinski definition) is 1. The monoisotopic (exact) mass is 169 g/mol. The van der Waals surface area contributed by atoms with Gasteiger partial charge in [-0.2, -0.15) is 0 Å². The molecule has 1 heteroatoms. The van der Waals surface area contributed by atoms with Gasteiger partial charge in [-0.1, -0.05) is 36.0 Å². The van der Waals surface area contributed by atoms with Crippen molar-refractivity contribution in [3.05, 3.63) is 35.9 Å². The van der Waals surface area contributed by atoms with E-state index in [0.717, 1.165) is 5.56 Å². The Morgan fingerprint density at radius 3 is 2.62 bits per heavy atom. The van der Waals surface area contributed by atoms with Crippen LogP contribution in [0.4, 0.5) is 0 Å². The first kappa shape index (κ1) is 9.39. The minimum atomic E-state index is 0.573. The molecule has 1 nitrogen and oxygen atoms in total. The zero-order valence-corrected chi connectivity index (χ0v) is 7.38. The van der Waals surface area contributed by atoms with E-state index in [2.05, 4.69) is 23.1 Å². The van der Waals surface area contributed by atoms with Crippen molar-refractivity contribution in [1.29, 1.82) is 0 Å². The van der Waals surface area contributed by atoms with Crippen LogP contribution in [0.3, 0.4) is 0 Å². The smallest absolute Gasteiger partial charge is 0.0587 e. The van der Waals surface area contributed by atoms with Crippen LogP contribution in [0.25, 0.3) is 0 Å². The van der Waals surface area contributed by atoms with E-state index < -0.39 is 0 Å². The fourth-order valence-corrected chi connectivity index (χ4v) is 0.865. The summed E-state index contributed by atoms with van der Waals surface area (Å²) in [5.74, 6) is 8.49. The van der Waals surface area contributed by atoms with Crippen molar-refractivity contribution < 1.29 is 0 Å².